The lowest BCUT2D eigenvalue weighted by Crippen LogP contribution is -2.58. The van der Waals surface area contributed by atoms with Crippen LogP contribution in [-0.2, 0) is 11.3 Å². The van der Waals surface area contributed by atoms with Gasteiger partial charge in [-0.25, -0.2) is 4.39 Å². The molecular weight excluding hydrogens is 283 g/mol. The summed E-state index contributed by atoms with van der Waals surface area (Å²) in [6.45, 7) is 7.09. The van der Waals surface area contributed by atoms with E-state index >= 15 is 0 Å². The topological polar surface area (TPSA) is 43.8 Å². The maximum absolute atomic E-state index is 13.0. The standard InChI is InChI=1S/C17H25FN2O2/c1-3-19(4-2)13-17(22)10-5-11-20(16(17)21)12-14-6-8-15(18)9-7-14/h6-9,22H,3-5,10-13H2,1-2H3. The van der Waals surface area contributed by atoms with Crippen LogP contribution in [0.1, 0.15) is 32.3 Å². The highest BCUT2D eigenvalue weighted by Crippen LogP contribution is 2.25. The van der Waals surface area contributed by atoms with Crippen molar-refractivity contribution < 1.29 is 14.3 Å². The first kappa shape index (κ1) is 16.9. The minimum absolute atomic E-state index is 0.213. The molecule has 0 saturated carbocycles. The lowest BCUT2D eigenvalue weighted by atomic mass is 9.90. The third kappa shape index (κ3) is 3.84. The van der Waals surface area contributed by atoms with Crippen LogP contribution in [0.4, 0.5) is 4.39 Å². The number of nitrogens with zero attached hydrogens (tertiary/aromatic N) is 2. The van der Waals surface area contributed by atoms with Gasteiger partial charge in [-0.3, -0.25) is 4.79 Å². The Bertz CT molecular complexity index is 502. The van der Waals surface area contributed by atoms with E-state index in [0.29, 0.717) is 26.1 Å². The lowest BCUT2D eigenvalue weighted by Gasteiger charge is -2.40. The molecule has 1 aromatic rings. The fourth-order valence-electron chi connectivity index (χ4n) is 2.99. The summed E-state index contributed by atoms with van der Waals surface area (Å²) in [5.74, 6) is -0.498. The van der Waals surface area contributed by atoms with Crippen LogP contribution in [0, 0.1) is 5.82 Å². The number of likely N-dealkylation sites (N-methyl/N-ethyl adjacent to an activating group) is 1. The van der Waals surface area contributed by atoms with Crippen LogP contribution in [-0.4, -0.2) is 52.6 Å². The van der Waals surface area contributed by atoms with Crippen LogP contribution in [0.25, 0.3) is 0 Å². The molecule has 1 fully saturated rings. The zero-order valence-electron chi connectivity index (χ0n) is 13.4. The molecule has 22 heavy (non-hydrogen) atoms. The highest BCUT2D eigenvalue weighted by molar-refractivity contribution is 5.86. The van der Waals surface area contributed by atoms with Crippen LogP contribution in [0.15, 0.2) is 24.3 Å². The number of hydrogen-bond acceptors (Lipinski definition) is 3. The molecule has 5 heteroatoms. The van der Waals surface area contributed by atoms with E-state index in [1.807, 2.05) is 13.8 Å². The van der Waals surface area contributed by atoms with Crippen LogP contribution in [0.5, 0.6) is 0 Å². The van der Waals surface area contributed by atoms with Crippen molar-refractivity contribution >= 4 is 5.91 Å². The normalized spacial score (nSPS) is 22.4. The monoisotopic (exact) mass is 308 g/mol. The van der Waals surface area contributed by atoms with Crippen LogP contribution >= 0.6 is 0 Å². The van der Waals surface area contributed by atoms with E-state index < -0.39 is 5.60 Å². The van der Waals surface area contributed by atoms with Gasteiger partial charge < -0.3 is 14.9 Å². The molecule has 1 unspecified atom stereocenters. The number of likely N-dealkylation sites (tertiary alicyclic amines) is 1. The Morgan fingerprint density at radius 2 is 1.91 bits per heavy atom. The summed E-state index contributed by atoms with van der Waals surface area (Å²) < 4.78 is 13.0. The average molecular weight is 308 g/mol. The fourth-order valence-corrected chi connectivity index (χ4v) is 2.99. The van der Waals surface area contributed by atoms with Gasteiger partial charge in [0.2, 0.25) is 0 Å². The number of amides is 1. The van der Waals surface area contributed by atoms with Crippen molar-refractivity contribution in [2.75, 3.05) is 26.2 Å². The van der Waals surface area contributed by atoms with Crippen LogP contribution in [0.3, 0.4) is 0 Å². The molecule has 1 aliphatic rings. The van der Waals surface area contributed by atoms with Crippen molar-refractivity contribution in [1.29, 1.82) is 0 Å². The largest absolute Gasteiger partial charge is 0.379 e. The summed E-state index contributed by atoms with van der Waals surface area (Å²) in [6, 6.07) is 6.15. The molecule has 1 aliphatic heterocycles. The SMILES string of the molecule is CCN(CC)CC1(O)CCCN(Cc2ccc(F)cc2)C1=O. The van der Waals surface area contributed by atoms with Gasteiger partial charge >= 0.3 is 0 Å². The lowest BCUT2D eigenvalue weighted by molar-refractivity contribution is -0.160. The second-order valence-electron chi connectivity index (χ2n) is 5.95. The Balaban J connectivity index is 2.07. The molecule has 1 amide bonds. The Kier molecular flexibility index (Phi) is 5.53. The molecule has 4 nitrogen and oxygen atoms in total. The maximum atomic E-state index is 13.0. The molecule has 0 radical (unpaired) electrons. The van der Waals surface area contributed by atoms with Gasteiger partial charge in [0.1, 0.15) is 5.82 Å². The predicted octanol–water partition coefficient (Wildman–Crippen LogP) is 2.02. The van der Waals surface area contributed by atoms with Gasteiger partial charge in [0.05, 0.1) is 0 Å². The Morgan fingerprint density at radius 3 is 2.50 bits per heavy atom. The minimum atomic E-state index is -1.30. The number of rotatable bonds is 6. The number of aliphatic hydroxyl groups is 1. The Hall–Kier alpha value is -1.46. The van der Waals surface area contributed by atoms with Crippen molar-refractivity contribution in [2.24, 2.45) is 0 Å². The van der Waals surface area contributed by atoms with Crippen molar-refractivity contribution in [3.63, 3.8) is 0 Å². The zero-order valence-corrected chi connectivity index (χ0v) is 13.4. The molecule has 1 atom stereocenters. The summed E-state index contributed by atoms with van der Waals surface area (Å²) in [7, 11) is 0. The molecule has 0 bridgehead atoms. The molecule has 122 valence electrons. The second-order valence-corrected chi connectivity index (χ2v) is 5.95. The third-order valence-electron chi connectivity index (χ3n) is 4.37. The molecule has 1 aromatic carbocycles. The second kappa shape index (κ2) is 7.20. The van der Waals surface area contributed by atoms with E-state index in [2.05, 4.69) is 4.90 Å². The Morgan fingerprint density at radius 1 is 1.27 bits per heavy atom. The van der Waals surface area contributed by atoms with Crippen molar-refractivity contribution in [3.8, 4) is 0 Å². The van der Waals surface area contributed by atoms with E-state index in [0.717, 1.165) is 25.1 Å². The number of carbonyl (C=O) groups is 1. The van der Waals surface area contributed by atoms with Gasteiger partial charge in [-0.1, -0.05) is 26.0 Å². The highest BCUT2D eigenvalue weighted by atomic mass is 19.1. The van der Waals surface area contributed by atoms with E-state index in [-0.39, 0.29) is 11.7 Å². The van der Waals surface area contributed by atoms with Gasteiger partial charge in [-0.2, -0.15) is 0 Å². The van der Waals surface area contributed by atoms with E-state index in [4.69, 9.17) is 0 Å². The van der Waals surface area contributed by atoms with Crippen LogP contribution < -0.4 is 0 Å². The number of carbonyl (C=O) groups excluding carboxylic acids is 1. The third-order valence-corrected chi connectivity index (χ3v) is 4.37. The maximum Gasteiger partial charge on any atom is 0.256 e. The van der Waals surface area contributed by atoms with Gasteiger partial charge in [0.15, 0.2) is 5.60 Å². The number of halogens is 1. The van der Waals surface area contributed by atoms with Gasteiger partial charge in [0.25, 0.3) is 5.91 Å². The predicted molar refractivity (Wildman–Crippen MR) is 83.8 cm³/mol. The van der Waals surface area contributed by atoms with Gasteiger partial charge in [-0.15, -0.1) is 0 Å². The molecule has 1 saturated heterocycles. The zero-order chi connectivity index (χ0) is 16.2. The quantitative estimate of drug-likeness (QED) is 0.874. The molecule has 2 rings (SSSR count). The van der Waals surface area contributed by atoms with E-state index in [1.54, 1.807) is 17.0 Å². The van der Waals surface area contributed by atoms with Crippen molar-refractivity contribution in [1.82, 2.24) is 9.80 Å². The molecule has 0 aliphatic carbocycles. The first-order chi connectivity index (χ1) is 10.5. The van der Waals surface area contributed by atoms with Gasteiger partial charge in [0, 0.05) is 19.6 Å². The summed E-state index contributed by atoms with van der Waals surface area (Å²) >= 11 is 0. The molecular formula is C17H25FN2O2. The van der Waals surface area contributed by atoms with Gasteiger partial charge in [-0.05, 0) is 43.6 Å². The minimum Gasteiger partial charge on any atom is -0.379 e. The first-order valence-electron chi connectivity index (χ1n) is 7.97. The van der Waals surface area contributed by atoms with Crippen LogP contribution in [0.2, 0.25) is 0 Å². The average Bonchev–Trinajstić information content (AvgIpc) is 2.52. The number of benzene rings is 1. The molecule has 1 N–H and O–H groups in total. The first-order valence-corrected chi connectivity index (χ1v) is 7.97. The van der Waals surface area contributed by atoms with Crippen molar-refractivity contribution in [3.05, 3.63) is 35.6 Å². The summed E-state index contributed by atoms with van der Waals surface area (Å²) in [4.78, 5) is 16.4. The summed E-state index contributed by atoms with van der Waals surface area (Å²) in [5, 5.41) is 10.8. The smallest absolute Gasteiger partial charge is 0.256 e. The van der Waals surface area contributed by atoms with E-state index in [9.17, 15) is 14.3 Å². The molecule has 0 aromatic heterocycles. The Labute approximate surface area is 131 Å². The summed E-state index contributed by atoms with van der Waals surface area (Å²) in [6.07, 6.45) is 1.28. The van der Waals surface area contributed by atoms with E-state index in [1.165, 1.54) is 12.1 Å². The molecule has 0 spiro atoms. The summed E-state index contributed by atoms with van der Waals surface area (Å²) in [5.41, 5.74) is -0.425. The number of hydrogen-bond donors (Lipinski definition) is 1. The highest BCUT2D eigenvalue weighted by Gasteiger charge is 2.42. The number of piperidine rings is 1. The molecule has 1 heterocycles. The van der Waals surface area contributed by atoms with Crippen molar-refractivity contribution in [2.45, 2.75) is 38.8 Å². The fraction of sp³-hybridized carbons (Fsp3) is 0.588.